The SMILES string of the molecule is COc1ccc(C=CC(=O)N2CCCCC2C)cc1OC. The van der Waals surface area contributed by atoms with Crippen molar-refractivity contribution < 1.29 is 14.3 Å². The molecule has 4 heteroatoms. The van der Waals surface area contributed by atoms with Crippen molar-refractivity contribution in [2.45, 2.75) is 32.2 Å². The average Bonchev–Trinajstić information content (AvgIpc) is 2.52. The normalized spacial score (nSPS) is 18.8. The Kier molecular flexibility index (Phi) is 5.26. The second kappa shape index (κ2) is 7.16. The van der Waals surface area contributed by atoms with E-state index in [0.717, 1.165) is 24.9 Å². The summed E-state index contributed by atoms with van der Waals surface area (Å²) in [6.07, 6.45) is 6.87. The number of hydrogen-bond donors (Lipinski definition) is 0. The van der Waals surface area contributed by atoms with Gasteiger partial charge in [-0.3, -0.25) is 4.79 Å². The second-order valence-corrected chi connectivity index (χ2v) is 5.32. The minimum Gasteiger partial charge on any atom is -0.493 e. The van der Waals surface area contributed by atoms with Gasteiger partial charge in [-0.2, -0.15) is 0 Å². The molecular formula is C17H23NO3. The van der Waals surface area contributed by atoms with Crippen molar-refractivity contribution in [3.8, 4) is 11.5 Å². The first-order valence-corrected chi connectivity index (χ1v) is 7.36. The van der Waals surface area contributed by atoms with Crippen molar-refractivity contribution >= 4 is 12.0 Å². The van der Waals surface area contributed by atoms with Crippen molar-refractivity contribution in [2.75, 3.05) is 20.8 Å². The number of likely N-dealkylation sites (tertiary alicyclic amines) is 1. The van der Waals surface area contributed by atoms with E-state index in [2.05, 4.69) is 6.92 Å². The third-order valence-electron chi connectivity index (χ3n) is 3.91. The molecule has 1 aliphatic heterocycles. The quantitative estimate of drug-likeness (QED) is 0.799. The maximum atomic E-state index is 12.2. The van der Waals surface area contributed by atoms with Crippen molar-refractivity contribution in [3.05, 3.63) is 29.8 Å². The van der Waals surface area contributed by atoms with Crippen LogP contribution in [0.15, 0.2) is 24.3 Å². The van der Waals surface area contributed by atoms with E-state index in [9.17, 15) is 4.79 Å². The highest BCUT2D eigenvalue weighted by atomic mass is 16.5. The zero-order valence-electron chi connectivity index (χ0n) is 13.0. The Labute approximate surface area is 126 Å². The summed E-state index contributed by atoms with van der Waals surface area (Å²) in [6.45, 7) is 2.97. The molecule has 1 atom stereocenters. The topological polar surface area (TPSA) is 38.8 Å². The fourth-order valence-corrected chi connectivity index (χ4v) is 2.65. The molecule has 2 rings (SSSR count). The van der Waals surface area contributed by atoms with Crippen LogP contribution in [-0.4, -0.2) is 37.6 Å². The Morgan fingerprint density at radius 2 is 2.00 bits per heavy atom. The molecule has 1 heterocycles. The molecule has 114 valence electrons. The first kappa shape index (κ1) is 15.4. The lowest BCUT2D eigenvalue weighted by Crippen LogP contribution is -2.41. The molecule has 1 aliphatic rings. The summed E-state index contributed by atoms with van der Waals surface area (Å²) in [4.78, 5) is 14.2. The number of carbonyl (C=O) groups excluding carboxylic acids is 1. The van der Waals surface area contributed by atoms with Gasteiger partial charge < -0.3 is 14.4 Å². The molecule has 1 fully saturated rings. The number of amides is 1. The van der Waals surface area contributed by atoms with Crippen LogP contribution in [0.2, 0.25) is 0 Å². The maximum absolute atomic E-state index is 12.2. The summed E-state index contributed by atoms with van der Waals surface area (Å²) >= 11 is 0. The Bertz CT molecular complexity index is 525. The van der Waals surface area contributed by atoms with Crippen LogP contribution < -0.4 is 9.47 Å². The molecule has 0 bridgehead atoms. The lowest BCUT2D eigenvalue weighted by Gasteiger charge is -2.32. The molecule has 1 amide bonds. The van der Waals surface area contributed by atoms with Gasteiger partial charge in [0.05, 0.1) is 14.2 Å². The Morgan fingerprint density at radius 3 is 2.67 bits per heavy atom. The smallest absolute Gasteiger partial charge is 0.246 e. The standard InChI is InChI=1S/C17H23NO3/c1-13-6-4-5-11-18(13)17(19)10-8-14-7-9-15(20-2)16(12-14)21-3/h7-10,12-13H,4-6,11H2,1-3H3. The van der Waals surface area contributed by atoms with E-state index >= 15 is 0 Å². The molecule has 1 saturated heterocycles. The summed E-state index contributed by atoms with van der Waals surface area (Å²) in [5, 5.41) is 0. The van der Waals surface area contributed by atoms with Gasteiger partial charge in [0, 0.05) is 18.7 Å². The highest BCUT2D eigenvalue weighted by molar-refractivity contribution is 5.92. The summed E-state index contributed by atoms with van der Waals surface area (Å²) in [6, 6.07) is 5.95. The van der Waals surface area contributed by atoms with Crippen LogP contribution in [0.5, 0.6) is 11.5 Å². The number of methoxy groups -OCH3 is 2. The fraction of sp³-hybridized carbons (Fsp3) is 0.471. The van der Waals surface area contributed by atoms with Gasteiger partial charge >= 0.3 is 0 Å². The third-order valence-corrected chi connectivity index (χ3v) is 3.91. The number of benzene rings is 1. The summed E-state index contributed by atoms with van der Waals surface area (Å²) in [7, 11) is 3.21. The van der Waals surface area contributed by atoms with Gasteiger partial charge in [-0.25, -0.2) is 0 Å². The fourth-order valence-electron chi connectivity index (χ4n) is 2.65. The predicted octanol–water partition coefficient (Wildman–Crippen LogP) is 3.12. The lowest BCUT2D eigenvalue weighted by atomic mass is 10.0. The highest BCUT2D eigenvalue weighted by Gasteiger charge is 2.21. The monoisotopic (exact) mass is 289 g/mol. The lowest BCUT2D eigenvalue weighted by molar-refractivity contribution is -0.129. The average molecular weight is 289 g/mol. The molecule has 1 unspecified atom stereocenters. The molecule has 1 aromatic carbocycles. The van der Waals surface area contributed by atoms with Crippen LogP contribution in [0.4, 0.5) is 0 Å². The third kappa shape index (κ3) is 3.78. The van der Waals surface area contributed by atoms with E-state index in [1.165, 1.54) is 6.42 Å². The van der Waals surface area contributed by atoms with E-state index < -0.39 is 0 Å². The first-order valence-electron chi connectivity index (χ1n) is 7.36. The number of hydrogen-bond acceptors (Lipinski definition) is 3. The highest BCUT2D eigenvalue weighted by Crippen LogP contribution is 2.28. The van der Waals surface area contributed by atoms with Gasteiger partial charge in [-0.15, -0.1) is 0 Å². The molecular weight excluding hydrogens is 266 g/mol. The zero-order chi connectivity index (χ0) is 15.2. The molecule has 0 N–H and O–H groups in total. The minimum atomic E-state index is 0.0805. The van der Waals surface area contributed by atoms with E-state index in [-0.39, 0.29) is 5.91 Å². The zero-order valence-corrected chi connectivity index (χ0v) is 13.0. The van der Waals surface area contributed by atoms with Gasteiger partial charge in [0.1, 0.15) is 0 Å². The molecule has 0 radical (unpaired) electrons. The van der Waals surface area contributed by atoms with Crippen LogP contribution in [-0.2, 0) is 4.79 Å². The van der Waals surface area contributed by atoms with Crippen LogP contribution in [0.1, 0.15) is 31.7 Å². The first-order chi connectivity index (χ1) is 10.2. The van der Waals surface area contributed by atoms with Crippen LogP contribution >= 0.6 is 0 Å². The molecule has 0 spiro atoms. The van der Waals surface area contributed by atoms with Crippen molar-refractivity contribution in [1.82, 2.24) is 4.90 Å². The van der Waals surface area contributed by atoms with Gasteiger partial charge in [0.25, 0.3) is 0 Å². The van der Waals surface area contributed by atoms with E-state index in [4.69, 9.17) is 9.47 Å². The number of rotatable bonds is 4. The van der Waals surface area contributed by atoms with E-state index in [0.29, 0.717) is 17.5 Å². The Hall–Kier alpha value is -1.97. The molecule has 21 heavy (non-hydrogen) atoms. The minimum absolute atomic E-state index is 0.0805. The summed E-state index contributed by atoms with van der Waals surface area (Å²) in [5.41, 5.74) is 0.922. The van der Waals surface area contributed by atoms with E-state index in [1.807, 2.05) is 29.2 Å². The summed E-state index contributed by atoms with van der Waals surface area (Å²) < 4.78 is 10.5. The van der Waals surface area contributed by atoms with Crippen LogP contribution in [0.3, 0.4) is 0 Å². The van der Waals surface area contributed by atoms with Crippen LogP contribution in [0.25, 0.3) is 6.08 Å². The molecule has 0 saturated carbocycles. The second-order valence-electron chi connectivity index (χ2n) is 5.32. The van der Waals surface area contributed by atoms with Crippen molar-refractivity contribution in [3.63, 3.8) is 0 Å². The van der Waals surface area contributed by atoms with Crippen molar-refractivity contribution in [1.29, 1.82) is 0 Å². The Morgan fingerprint density at radius 1 is 1.24 bits per heavy atom. The molecule has 1 aromatic rings. The Balaban J connectivity index is 2.08. The van der Waals surface area contributed by atoms with Crippen LogP contribution in [0, 0.1) is 0 Å². The van der Waals surface area contributed by atoms with Gasteiger partial charge in [0.2, 0.25) is 5.91 Å². The van der Waals surface area contributed by atoms with E-state index in [1.54, 1.807) is 20.3 Å². The number of carbonyl (C=O) groups is 1. The van der Waals surface area contributed by atoms with Gasteiger partial charge in [-0.05, 0) is 50.0 Å². The van der Waals surface area contributed by atoms with Gasteiger partial charge in [0.15, 0.2) is 11.5 Å². The largest absolute Gasteiger partial charge is 0.493 e. The molecule has 4 nitrogen and oxygen atoms in total. The predicted molar refractivity (Wildman–Crippen MR) is 83.6 cm³/mol. The number of piperidine rings is 1. The molecule has 0 aliphatic carbocycles. The number of nitrogens with zero attached hydrogens (tertiary/aromatic N) is 1. The summed E-state index contributed by atoms with van der Waals surface area (Å²) in [5.74, 6) is 1.43. The molecule has 0 aromatic heterocycles. The van der Waals surface area contributed by atoms with Gasteiger partial charge in [-0.1, -0.05) is 6.07 Å². The number of ether oxygens (including phenoxy) is 2. The van der Waals surface area contributed by atoms with Crippen molar-refractivity contribution in [2.24, 2.45) is 0 Å². The maximum Gasteiger partial charge on any atom is 0.246 e.